The Bertz CT molecular complexity index is 923. The molecule has 30 heavy (non-hydrogen) atoms. The third-order valence-corrected chi connectivity index (χ3v) is 5.39. The monoisotopic (exact) mass is 409 g/mol. The van der Waals surface area contributed by atoms with E-state index in [1.807, 2.05) is 50.1 Å². The van der Waals surface area contributed by atoms with Crippen LogP contribution in [0.25, 0.3) is 0 Å². The molecule has 1 aromatic carbocycles. The maximum atomic E-state index is 12.4. The van der Waals surface area contributed by atoms with E-state index in [0.717, 1.165) is 24.3 Å². The van der Waals surface area contributed by atoms with E-state index in [1.54, 1.807) is 18.3 Å². The Hall–Kier alpha value is -2.97. The van der Waals surface area contributed by atoms with Crippen molar-refractivity contribution in [1.82, 2.24) is 15.2 Å². The fraction of sp³-hybridized carbons (Fsp3) is 0.409. The molecule has 4 rings (SSSR count). The standard InChI is InChI=1S/C22H27N5O3/c1-14-11-27(12-15(2)30-14)13-19(28)24-17-8-6-16(7-9-17)20-25-22(29)18-5-4-10-23-21(18)26(20)3/h4-10,14-15,20H,11-13H2,1-3H3,(H,24,28)(H,25,29)/t14-,15+,20-/m1/s1. The van der Waals surface area contributed by atoms with Crippen molar-refractivity contribution in [2.75, 3.05) is 36.9 Å². The minimum absolute atomic E-state index is 0.0507. The third kappa shape index (κ3) is 4.29. The lowest BCUT2D eigenvalue weighted by Gasteiger charge is -2.35. The maximum absolute atomic E-state index is 12.4. The fourth-order valence-corrected chi connectivity index (χ4v) is 4.15. The van der Waals surface area contributed by atoms with Gasteiger partial charge in [0.15, 0.2) is 0 Å². The number of carbonyl (C=O) groups excluding carboxylic acids is 2. The molecule has 3 atom stereocenters. The van der Waals surface area contributed by atoms with Crippen LogP contribution in [-0.4, -0.2) is 60.6 Å². The number of carbonyl (C=O) groups is 2. The number of benzene rings is 1. The molecule has 8 heteroatoms. The topological polar surface area (TPSA) is 86.8 Å². The Morgan fingerprint density at radius 3 is 2.60 bits per heavy atom. The summed E-state index contributed by atoms with van der Waals surface area (Å²) in [6, 6.07) is 11.0. The quantitative estimate of drug-likeness (QED) is 0.803. The predicted molar refractivity (Wildman–Crippen MR) is 114 cm³/mol. The van der Waals surface area contributed by atoms with Gasteiger partial charge in [0.1, 0.15) is 12.0 Å². The molecular formula is C22H27N5O3. The van der Waals surface area contributed by atoms with Crippen molar-refractivity contribution in [1.29, 1.82) is 0 Å². The lowest BCUT2D eigenvalue weighted by atomic mass is 10.1. The van der Waals surface area contributed by atoms with E-state index in [9.17, 15) is 9.59 Å². The summed E-state index contributed by atoms with van der Waals surface area (Å²) < 4.78 is 5.71. The van der Waals surface area contributed by atoms with Crippen molar-refractivity contribution in [3.8, 4) is 0 Å². The van der Waals surface area contributed by atoms with Crippen LogP contribution < -0.4 is 15.5 Å². The van der Waals surface area contributed by atoms with Crippen LogP contribution in [0, 0.1) is 0 Å². The Kier molecular flexibility index (Phi) is 5.69. The Balaban J connectivity index is 1.40. The largest absolute Gasteiger partial charge is 0.373 e. The molecule has 1 fully saturated rings. The van der Waals surface area contributed by atoms with Crippen molar-refractivity contribution in [3.63, 3.8) is 0 Å². The molecular weight excluding hydrogens is 382 g/mol. The number of fused-ring (bicyclic) bond motifs is 1. The van der Waals surface area contributed by atoms with Crippen LogP contribution in [-0.2, 0) is 9.53 Å². The van der Waals surface area contributed by atoms with E-state index in [2.05, 4.69) is 20.5 Å². The second-order valence-corrected chi connectivity index (χ2v) is 7.98. The van der Waals surface area contributed by atoms with Crippen molar-refractivity contribution in [2.24, 2.45) is 0 Å². The van der Waals surface area contributed by atoms with Crippen LogP contribution in [0.3, 0.4) is 0 Å². The van der Waals surface area contributed by atoms with Gasteiger partial charge in [-0.25, -0.2) is 4.98 Å². The number of aromatic nitrogens is 1. The van der Waals surface area contributed by atoms with Crippen LogP contribution in [0.15, 0.2) is 42.6 Å². The minimum atomic E-state index is -0.319. The lowest BCUT2D eigenvalue weighted by molar-refractivity contribution is -0.121. The summed E-state index contributed by atoms with van der Waals surface area (Å²) in [4.78, 5) is 33.3. The number of anilines is 2. The maximum Gasteiger partial charge on any atom is 0.256 e. The van der Waals surface area contributed by atoms with Gasteiger partial charge in [-0.2, -0.15) is 0 Å². The normalized spacial score (nSPS) is 24.2. The van der Waals surface area contributed by atoms with Gasteiger partial charge in [-0.05, 0) is 43.7 Å². The van der Waals surface area contributed by atoms with E-state index in [4.69, 9.17) is 4.74 Å². The number of nitrogens with one attached hydrogen (secondary N) is 2. The average molecular weight is 409 g/mol. The third-order valence-electron chi connectivity index (χ3n) is 5.39. The Labute approximate surface area is 176 Å². The molecule has 2 amide bonds. The molecule has 0 spiro atoms. The molecule has 0 aliphatic carbocycles. The van der Waals surface area contributed by atoms with E-state index < -0.39 is 0 Å². The highest BCUT2D eigenvalue weighted by atomic mass is 16.5. The van der Waals surface area contributed by atoms with Crippen LogP contribution in [0.4, 0.5) is 11.5 Å². The van der Waals surface area contributed by atoms with E-state index in [0.29, 0.717) is 17.9 Å². The van der Waals surface area contributed by atoms with Crippen molar-refractivity contribution in [2.45, 2.75) is 32.2 Å². The van der Waals surface area contributed by atoms with Gasteiger partial charge in [0.2, 0.25) is 5.91 Å². The molecule has 2 N–H and O–H groups in total. The molecule has 2 aliphatic heterocycles. The molecule has 0 bridgehead atoms. The summed E-state index contributed by atoms with van der Waals surface area (Å²) in [5.41, 5.74) is 2.20. The van der Waals surface area contributed by atoms with Crippen molar-refractivity contribution < 1.29 is 14.3 Å². The number of hydrogen-bond donors (Lipinski definition) is 2. The van der Waals surface area contributed by atoms with E-state index >= 15 is 0 Å². The first-order valence-corrected chi connectivity index (χ1v) is 10.2. The van der Waals surface area contributed by atoms with Gasteiger partial charge in [-0.3, -0.25) is 14.5 Å². The number of amides is 2. The first kappa shape index (κ1) is 20.3. The summed E-state index contributed by atoms with van der Waals surface area (Å²) in [6.45, 7) is 5.88. The number of morpholine rings is 1. The summed E-state index contributed by atoms with van der Waals surface area (Å²) in [7, 11) is 1.90. The van der Waals surface area contributed by atoms with E-state index in [-0.39, 0.29) is 30.2 Å². The van der Waals surface area contributed by atoms with Gasteiger partial charge in [-0.15, -0.1) is 0 Å². The Morgan fingerprint density at radius 2 is 1.90 bits per heavy atom. The molecule has 8 nitrogen and oxygen atoms in total. The highest BCUT2D eigenvalue weighted by Crippen LogP contribution is 2.30. The summed E-state index contributed by atoms with van der Waals surface area (Å²) >= 11 is 0. The number of pyridine rings is 1. The van der Waals surface area contributed by atoms with Crippen molar-refractivity contribution >= 4 is 23.3 Å². The van der Waals surface area contributed by atoms with Gasteiger partial charge in [0.25, 0.3) is 5.91 Å². The molecule has 3 heterocycles. The molecule has 1 saturated heterocycles. The van der Waals surface area contributed by atoms with Crippen LogP contribution in [0.5, 0.6) is 0 Å². The summed E-state index contributed by atoms with van der Waals surface area (Å²) in [5, 5.41) is 5.95. The molecule has 2 aliphatic rings. The van der Waals surface area contributed by atoms with Gasteiger partial charge in [-0.1, -0.05) is 12.1 Å². The molecule has 0 unspecified atom stereocenters. The molecule has 158 valence electrons. The zero-order chi connectivity index (χ0) is 21.3. The molecule has 0 radical (unpaired) electrons. The van der Waals surface area contributed by atoms with Gasteiger partial charge in [0, 0.05) is 32.0 Å². The first-order valence-electron chi connectivity index (χ1n) is 10.2. The van der Waals surface area contributed by atoms with E-state index in [1.165, 1.54) is 0 Å². The number of nitrogens with zero attached hydrogens (tertiary/aromatic N) is 3. The number of rotatable bonds is 4. The second kappa shape index (κ2) is 8.41. The van der Waals surface area contributed by atoms with Gasteiger partial charge < -0.3 is 20.3 Å². The van der Waals surface area contributed by atoms with Crippen LogP contribution in [0.2, 0.25) is 0 Å². The first-order chi connectivity index (χ1) is 14.4. The highest BCUT2D eigenvalue weighted by Gasteiger charge is 2.30. The summed E-state index contributed by atoms with van der Waals surface area (Å²) in [6.07, 6.45) is 1.62. The lowest BCUT2D eigenvalue weighted by Crippen LogP contribution is -2.48. The number of ether oxygens (including phenoxy) is 1. The SMILES string of the molecule is C[C@@H]1CN(CC(=O)Nc2ccc([C@@H]3NC(=O)c4cccnc4N3C)cc2)C[C@H](C)O1. The van der Waals surface area contributed by atoms with Gasteiger partial charge in [0.05, 0.1) is 24.3 Å². The molecule has 1 aromatic heterocycles. The average Bonchev–Trinajstić information content (AvgIpc) is 2.70. The predicted octanol–water partition coefficient (Wildman–Crippen LogP) is 2.01. The molecule has 0 saturated carbocycles. The zero-order valence-electron chi connectivity index (χ0n) is 17.5. The minimum Gasteiger partial charge on any atom is -0.373 e. The van der Waals surface area contributed by atoms with Crippen molar-refractivity contribution in [3.05, 3.63) is 53.7 Å². The Morgan fingerprint density at radius 1 is 1.20 bits per heavy atom. The van der Waals surface area contributed by atoms with Crippen LogP contribution >= 0.6 is 0 Å². The van der Waals surface area contributed by atoms with Crippen LogP contribution in [0.1, 0.15) is 35.9 Å². The number of hydrogen-bond acceptors (Lipinski definition) is 6. The fourth-order valence-electron chi connectivity index (χ4n) is 4.15. The zero-order valence-corrected chi connectivity index (χ0v) is 17.5. The highest BCUT2D eigenvalue weighted by molar-refractivity contribution is 6.01. The summed E-state index contributed by atoms with van der Waals surface area (Å²) in [5.74, 6) is 0.454. The molecule has 2 aromatic rings. The van der Waals surface area contributed by atoms with Gasteiger partial charge >= 0.3 is 0 Å². The second-order valence-electron chi connectivity index (χ2n) is 7.98. The smallest absolute Gasteiger partial charge is 0.256 e.